The van der Waals surface area contributed by atoms with Crippen LogP contribution in [-0.4, -0.2) is 39.5 Å². The molecule has 27 heavy (non-hydrogen) atoms. The number of imidazole rings is 1. The first-order chi connectivity index (χ1) is 12.9. The van der Waals surface area contributed by atoms with E-state index in [0.29, 0.717) is 13.1 Å². The minimum Gasteiger partial charge on any atom is -0.459 e. The van der Waals surface area contributed by atoms with E-state index in [9.17, 15) is 4.79 Å². The number of aromatic amines is 1. The van der Waals surface area contributed by atoms with Gasteiger partial charge in [0, 0.05) is 23.8 Å². The van der Waals surface area contributed by atoms with Crippen LogP contribution in [0.5, 0.6) is 0 Å². The number of hydrogen-bond acceptors (Lipinski definition) is 8. The van der Waals surface area contributed by atoms with Crippen LogP contribution in [0.4, 0.5) is 0 Å². The van der Waals surface area contributed by atoms with Crippen molar-refractivity contribution in [3.63, 3.8) is 0 Å². The van der Waals surface area contributed by atoms with Crippen LogP contribution in [0.3, 0.4) is 0 Å². The second-order valence-electron chi connectivity index (χ2n) is 6.97. The fourth-order valence-corrected chi connectivity index (χ4v) is 2.79. The number of rotatable bonds is 10. The second kappa shape index (κ2) is 10.4. The Balaban J connectivity index is 1.93. The molecule has 8 nitrogen and oxygen atoms in total. The Bertz CT molecular complexity index is 686. The van der Waals surface area contributed by atoms with Crippen LogP contribution in [0.2, 0.25) is 0 Å². The van der Waals surface area contributed by atoms with Gasteiger partial charge < -0.3 is 9.72 Å². The summed E-state index contributed by atoms with van der Waals surface area (Å²) in [5, 5.41) is 0. The highest BCUT2D eigenvalue weighted by molar-refractivity contribution is 7.94. The quantitative estimate of drug-likeness (QED) is 0.274. The fourth-order valence-electron chi connectivity index (χ4n) is 2.42. The van der Waals surface area contributed by atoms with Gasteiger partial charge >= 0.3 is 5.97 Å². The van der Waals surface area contributed by atoms with Gasteiger partial charge in [0.15, 0.2) is 0 Å². The number of benzene rings is 1. The van der Waals surface area contributed by atoms with E-state index in [1.54, 1.807) is 12.4 Å². The number of esters is 1. The molecule has 0 saturated carbocycles. The lowest BCUT2D eigenvalue weighted by atomic mass is 10.1. The normalized spacial score (nSPS) is 11.7. The molecule has 3 N–H and O–H groups in total. The monoisotopic (exact) mass is 394 g/mol. The molecule has 0 amide bonds. The fraction of sp³-hybridized carbons (Fsp3) is 0.444. The molecule has 9 heteroatoms. The number of carbonyl (C=O) groups is 1. The van der Waals surface area contributed by atoms with Gasteiger partial charge in [0.1, 0.15) is 11.4 Å². The standard InChI is InChI=1S/C18H26N4O4S/c1-18(2,3)24-17(23)13-22(12-16-20-9-10-21-16)11-8-14-4-6-15(7-5-14)27-26-25-19/h4-7,9-10H,8,11-13,19H2,1-3H3,(H,20,21). The van der Waals surface area contributed by atoms with Crippen LogP contribution < -0.4 is 5.90 Å². The average molecular weight is 394 g/mol. The maximum Gasteiger partial charge on any atom is 0.320 e. The van der Waals surface area contributed by atoms with E-state index in [2.05, 4.69) is 19.3 Å². The zero-order valence-electron chi connectivity index (χ0n) is 15.8. The number of carbonyl (C=O) groups excluding carboxylic acids is 1. The topological polar surface area (TPSA) is 103 Å². The van der Waals surface area contributed by atoms with Crippen molar-refractivity contribution >= 4 is 18.0 Å². The Labute approximate surface area is 163 Å². The van der Waals surface area contributed by atoms with Crippen molar-refractivity contribution in [3.8, 4) is 0 Å². The molecule has 0 unspecified atom stereocenters. The lowest BCUT2D eigenvalue weighted by molar-refractivity contribution is -0.195. The Morgan fingerprint density at radius 2 is 2.04 bits per heavy atom. The molecule has 2 aromatic rings. The molecule has 1 aromatic carbocycles. The van der Waals surface area contributed by atoms with E-state index >= 15 is 0 Å². The zero-order chi connectivity index (χ0) is 19.7. The zero-order valence-corrected chi connectivity index (χ0v) is 16.6. The summed E-state index contributed by atoms with van der Waals surface area (Å²) in [6.45, 7) is 7.02. The lowest BCUT2D eigenvalue weighted by Crippen LogP contribution is -2.36. The largest absolute Gasteiger partial charge is 0.459 e. The molecule has 2 rings (SSSR count). The minimum atomic E-state index is -0.504. The first-order valence-electron chi connectivity index (χ1n) is 8.57. The molecule has 0 bridgehead atoms. The van der Waals surface area contributed by atoms with E-state index in [0.717, 1.165) is 34.7 Å². The molecule has 0 radical (unpaired) electrons. The van der Waals surface area contributed by atoms with Gasteiger partial charge in [-0.15, -0.1) is 9.32 Å². The Morgan fingerprint density at radius 3 is 2.63 bits per heavy atom. The third-order valence-corrected chi connectivity index (χ3v) is 4.12. The Kier molecular flexibility index (Phi) is 8.26. The van der Waals surface area contributed by atoms with Gasteiger partial charge in [-0.2, -0.15) is 5.90 Å². The molecule has 0 aliphatic heterocycles. The van der Waals surface area contributed by atoms with Gasteiger partial charge in [-0.25, -0.2) is 4.98 Å². The molecule has 0 aliphatic rings. The van der Waals surface area contributed by atoms with Crippen molar-refractivity contribution in [1.82, 2.24) is 14.9 Å². The molecule has 0 spiro atoms. The third kappa shape index (κ3) is 8.55. The summed E-state index contributed by atoms with van der Waals surface area (Å²) in [6.07, 6.45) is 4.25. The van der Waals surface area contributed by atoms with E-state index in [1.807, 2.05) is 49.9 Å². The molecular formula is C18H26N4O4S. The van der Waals surface area contributed by atoms with Crippen LogP contribution in [0.25, 0.3) is 0 Å². The first kappa shape index (κ1) is 21.4. The van der Waals surface area contributed by atoms with E-state index in [-0.39, 0.29) is 12.5 Å². The highest BCUT2D eigenvalue weighted by Gasteiger charge is 2.19. The maximum atomic E-state index is 12.2. The number of nitrogens with two attached hydrogens (primary N) is 1. The van der Waals surface area contributed by atoms with Gasteiger partial charge in [-0.05, 0) is 44.9 Å². The Morgan fingerprint density at radius 1 is 1.30 bits per heavy atom. The van der Waals surface area contributed by atoms with Gasteiger partial charge in [-0.1, -0.05) is 12.1 Å². The van der Waals surface area contributed by atoms with Gasteiger partial charge in [0.05, 0.1) is 25.1 Å². The third-order valence-electron chi connectivity index (χ3n) is 3.51. The summed E-state index contributed by atoms with van der Waals surface area (Å²) in [4.78, 5) is 26.5. The van der Waals surface area contributed by atoms with E-state index in [4.69, 9.17) is 10.6 Å². The number of nitrogens with zero attached hydrogens (tertiary/aromatic N) is 2. The minimum absolute atomic E-state index is 0.202. The second-order valence-corrected chi connectivity index (χ2v) is 7.75. The number of nitrogens with one attached hydrogen (secondary N) is 1. The molecule has 148 valence electrons. The van der Waals surface area contributed by atoms with Crippen molar-refractivity contribution in [2.45, 2.75) is 44.2 Å². The van der Waals surface area contributed by atoms with Crippen LogP contribution in [0, 0.1) is 0 Å². The summed E-state index contributed by atoms with van der Waals surface area (Å²) in [7, 11) is 0. The van der Waals surface area contributed by atoms with Gasteiger partial charge in [0.2, 0.25) is 0 Å². The van der Waals surface area contributed by atoms with Gasteiger partial charge in [-0.3, -0.25) is 9.69 Å². The molecule has 0 fully saturated rings. The number of H-pyrrole nitrogens is 1. The summed E-state index contributed by atoms with van der Waals surface area (Å²) in [5.41, 5.74) is 0.637. The molecule has 0 atom stereocenters. The summed E-state index contributed by atoms with van der Waals surface area (Å²) >= 11 is 1.04. The highest BCUT2D eigenvalue weighted by Crippen LogP contribution is 2.19. The smallest absolute Gasteiger partial charge is 0.320 e. The van der Waals surface area contributed by atoms with Crippen LogP contribution in [-0.2, 0) is 31.8 Å². The molecule has 0 saturated heterocycles. The van der Waals surface area contributed by atoms with Crippen molar-refractivity contribution in [2.75, 3.05) is 13.1 Å². The average Bonchev–Trinajstić information content (AvgIpc) is 3.10. The molecule has 0 aliphatic carbocycles. The number of ether oxygens (including phenoxy) is 1. The Hall–Kier alpha value is -1.91. The summed E-state index contributed by atoms with van der Waals surface area (Å²) in [5.74, 6) is 5.39. The van der Waals surface area contributed by atoms with Crippen molar-refractivity contribution in [1.29, 1.82) is 0 Å². The number of aromatic nitrogens is 2. The molecular weight excluding hydrogens is 368 g/mol. The van der Waals surface area contributed by atoms with Crippen LogP contribution >= 0.6 is 12.0 Å². The SMILES string of the molecule is CC(C)(C)OC(=O)CN(CCc1ccc(SOON)cc1)Cc1ncc[nH]1. The predicted molar refractivity (Wildman–Crippen MR) is 102 cm³/mol. The van der Waals surface area contributed by atoms with Crippen molar-refractivity contribution in [3.05, 3.63) is 48.0 Å². The summed E-state index contributed by atoms with van der Waals surface area (Å²) in [6, 6.07) is 7.84. The maximum absolute atomic E-state index is 12.2. The van der Waals surface area contributed by atoms with E-state index in [1.165, 1.54) is 0 Å². The first-order valence-corrected chi connectivity index (χ1v) is 9.31. The van der Waals surface area contributed by atoms with Crippen molar-refractivity contribution in [2.24, 2.45) is 5.90 Å². The predicted octanol–water partition coefficient (Wildman–Crippen LogP) is 2.63. The molecule has 1 heterocycles. The van der Waals surface area contributed by atoms with Gasteiger partial charge in [0.25, 0.3) is 0 Å². The molecule has 1 aromatic heterocycles. The van der Waals surface area contributed by atoms with Crippen molar-refractivity contribution < 1.29 is 18.9 Å². The van der Waals surface area contributed by atoms with Crippen LogP contribution in [0.1, 0.15) is 32.2 Å². The van der Waals surface area contributed by atoms with Crippen LogP contribution in [0.15, 0.2) is 41.6 Å². The highest BCUT2D eigenvalue weighted by atomic mass is 32.2. The van der Waals surface area contributed by atoms with E-state index < -0.39 is 5.60 Å². The lowest BCUT2D eigenvalue weighted by Gasteiger charge is -2.24. The summed E-state index contributed by atoms with van der Waals surface area (Å²) < 4.78 is 10.1. The number of hydrogen-bond donors (Lipinski definition) is 2.